The molecule has 0 atom stereocenters. The van der Waals surface area contributed by atoms with E-state index in [0.717, 1.165) is 87.8 Å². The zero-order valence-corrected chi connectivity index (χ0v) is 24.8. The van der Waals surface area contributed by atoms with Crippen LogP contribution in [0.4, 0.5) is 5.82 Å². The first-order valence-electron chi connectivity index (χ1n) is 14.2. The predicted octanol–water partition coefficient (Wildman–Crippen LogP) is 5.90. The number of anilines is 1. The topological polar surface area (TPSA) is 107 Å². The summed E-state index contributed by atoms with van der Waals surface area (Å²) in [5.74, 6) is 0.417. The molecule has 2 fully saturated rings. The van der Waals surface area contributed by atoms with Crippen LogP contribution in [0.5, 0.6) is 0 Å². The Morgan fingerprint density at radius 1 is 1.21 bits per heavy atom. The Morgan fingerprint density at radius 2 is 1.98 bits per heavy atom. The number of aryl methyl sites for hydroxylation is 1. The molecule has 1 amide bonds. The summed E-state index contributed by atoms with van der Waals surface area (Å²) in [7, 11) is 1.72. The fraction of sp³-hybridized carbons (Fsp3) is 0.344. The number of benzene rings is 2. The summed E-state index contributed by atoms with van der Waals surface area (Å²) in [5.41, 5.74) is 13.1. The van der Waals surface area contributed by atoms with Crippen LogP contribution in [0.15, 0.2) is 49.3 Å². The Labute approximate surface area is 248 Å². The molecule has 3 N–H and O–H groups in total. The van der Waals surface area contributed by atoms with Crippen LogP contribution in [0.1, 0.15) is 30.1 Å². The highest BCUT2D eigenvalue weighted by Crippen LogP contribution is 2.55. The fourth-order valence-electron chi connectivity index (χ4n) is 7.03. The molecule has 5 aromatic rings. The Morgan fingerprint density at radius 3 is 2.71 bits per heavy atom. The van der Waals surface area contributed by atoms with Gasteiger partial charge in [0.15, 0.2) is 5.82 Å². The average molecular weight is 584 g/mol. The van der Waals surface area contributed by atoms with Crippen molar-refractivity contribution >= 4 is 45.0 Å². The first-order chi connectivity index (χ1) is 20.2. The van der Waals surface area contributed by atoms with Gasteiger partial charge in [-0.2, -0.15) is 10.2 Å². The van der Waals surface area contributed by atoms with Crippen LogP contribution >= 0.6 is 11.6 Å². The number of methoxy groups -OCH3 is 1. The normalized spacial score (nSPS) is 16.3. The predicted molar refractivity (Wildman–Crippen MR) is 167 cm³/mol. The first-order valence-corrected chi connectivity index (χ1v) is 14.6. The number of nitrogen functional groups attached to an aromatic ring is 1. The summed E-state index contributed by atoms with van der Waals surface area (Å²) in [6.07, 6.45) is 7.64. The standard InChI is InChI=1S/C32H34ClN7O2/c1-5-25(41)39-16-32(17-39)12-23(13-32)40-19(3)26(28-27-24(35-36-31(27)34)10-18(2)29(28)33)30(37-40)20-6-7-21-14-38(8-9-42-4)15-22(21)11-20/h5-7,10-11,14-15,23H,1,8-9,12-13,16-17H2,2-4H3,(H3,34,35,36). The van der Waals surface area contributed by atoms with Gasteiger partial charge < -0.3 is 19.9 Å². The van der Waals surface area contributed by atoms with E-state index in [9.17, 15) is 4.79 Å². The van der Waals surface area contributed by atoms with Crippen LogP contribution in [0.2, 0.25) is 5.02 Å². The van der Waals surface area contributed by atoms with Gasteiger partial charge in [0.2, 0.25) is 5.91 Å². The molecule has 4 heterocycles. The Hall–Kier alpha value is -4.08. The summed E-state index contributed by atoms with van der Waals surface area (Å²) >= 11 is 7.09. The van der Waals surface area contributed by atoms with Crippen molar-refractivity contribution in [1.29, 1.82) is 0 Å². The second-order valence-corrected chi connectivity index (χ2v) is 12.3. The van der Waals surface area contributed by atoms with Gasteiger partial charge in [-0.15, -0.1) is 0 Å². The Kier molecular flexibility index (Phi) is 6.22. The van der Waals surface area contributed by atoms with Gasteiger partial charge in [0.1, 0.15) is 5.69 Å². The van der Waals surface area contributed by atoms with E-state index in [1.165, 1.54) is 6.08 Å². The molecule has 0 unspecified atom stereocenters. The summed E-state index contributed by atoms with van der Waals surface area (Å²) in [5, 5.41) is 16.4. The van der Waals surface area contributed by atoms with E-state index < -0.39 is 0 Å². The monoisotopic (exact) mass is 583 g/mol. The number of carbonyl (C=O) groups excluding carboxylic acids is 1. The van der Waals surface area contributed by atoms with E-state index in [1.54, 1.807) is 7.11 Å². The molecular weight excluding hydrogens is 550 g/mol. The fourth-order valence-corrected chi connectivity index (χ4v) is 7.27. The highest BCUT2D eigenvalue weighted by Gasteiger charge is 2.54. The van der Waals surface area contributed by atoms with Gasteiger partial charge in [-0.05, 0) is 55.8 Å². The number of aromatic amines is 1. The van der Waals surface area contributed by atoms with Crippen LogP contribution in [0.3, 0.4) is 0 Å². The maximum absolute atomic E-state index is 12.1. The lowest BCUT2D eigenvalue weighted by Crippen LogP contribution is -2.63. The van der Waals surface area contributed by atoms with Crippen LogP contribution in [0.25, 0.3) is 44.1 Å². The number of hydrogen-bond acceptors (Lipinski definition) is 5. The minimum Gasteiger partial charge on any atom is -0.383 e. The molecule has 42 heavy (non-hydrogen) atoms. The number of likely N-dealkylation sites (tertiary alicyclic amines) is 1. The number of H-pyrrole nitrogens is 1. The lowest BCUT2D eigenvalue weighted by atomic mass is 9.60. The summed E-state index contributed by atoms with van der Waals surface area (Å²) < 4.78 is 9.60. The van der Waals surface area contributed by atoms with E-state index in [4.69, 9.17) is 27.2 Å². The number of fused-ring (bicyclic) bond motifs is 2. The molecule has 9 nitrogen and oxygen atoms in total. The quantitative estimate of drug-likeness (QED) is 0.232. The molecule has 0 bridgehead atoms. The van der Waals surface area contributed by atoms with E-state index >= 15 is 0 Å². The van der Waals surface area contributed by atoms with Crippen molar-refractivity contribution in [1.82, 2.24) is 29.4 Å². The third-order valence-corrected chi connectivity index (χ3v) is 9.63. The van der Waals surface area contributed by atoms with Gasteiger partial charge in [-0.25, -0.2) is 0 Å². The van der Waals surface area contributed by atoms with Crippen molar-refractivity contribution < 1.29 is 9.53 Å². The second kappa shape index (κ2) is 9.74. The number of nitrogens with zero attached hydrogens (tertiary/aromatic N) is 5. The Bertz CT molecular complexity index is 1880. The summed E-state index contributed by atoms with van der Waals surface area (Å²) in [6, 6.07) is 8.69. The molecular formula is C32H34ClN7O2. The van der Waals surface area contributed by atoms with Crippen LogP contribution in [-0.2, 0) is 16.1 Å². The third kappa shape index (κ3) is 4.06. The number of carbonyl (C=O) groups is 1. The van der Waals surface area contributed by atoms with Gasteiger partial charge in [-0.1, -0.05) is 30.3 Å². The average Bonchev–Trinajstić information content (AvgIpc) is 3.61. The number of halogens is 1. The van der Waals surface area contributed by atoms with Crippen molar-refractivity contribution in [3.8, 4) is 22.4 Å². The third-order valence-electron chi connectivity index (χ3n) is 9.14. The van der Waals surface area contributed by atoms with Crippen molar-refractivity contribution in [2.75, 3.05) is 32.5 Å². The molecule has 2 aliphatic rings. The molecule has 7 rings (SSSR count). The molecule has 1 saturated carbocycles. The number of nitrogens with two attached hydrogens (primary N) is 1. The molecule has 3 aromatic heterocycles. The zero-order chi connectivity index (χ0) is 29.3. The second-order valence-electron chi connectivity index (χ2n) is 12.0. The van der Waals surface area contributed by atoms with E-state index in [0.29, 0.717) is 17.4 Å². The van der Waals surface area contributed by atoms with Gasteiger partial charge in [-0.3, -0.25) is 14.6 Å². The van der Waals surface area contributed by atoms with Crippen LogP contribution < -0.4 is 5.73 Å². The number of nitrogens with one attached hydrogen (secondary N) is 1. The van der Waals surface area contributed by atoms with Crippen LogP contribution in [0, 0.1) is 19.3 Å². The molecule has 10 heteroatoms. The van der Waals surface area contributed by atoms with Gasteiger partial charge >= 0.3 is 0 Å². The van der Waals surface area contributed by atoms with Gasteiger partial charge in [0.25, 0.3) is 0 Å². The number of ether oxygens (including phenoxy) is 1. The summed E-state index contributed by atoms with van der Waals surface area (Å²) in [4.78, 5) is 13.9. The zero-order valence-electron chi connectivity index (χ0n) is 24.1. The van der Waals surface area contributed by atoms with E-state index in [-0.39, 0.29) is 17.4 Å². The van der Waals surface area contributed by atoms with Gasteiger partial charge in [0, 0.05) is 72.3 Å². The lowest BCUT2D eigenvalue weighted by Gasteiger charge is -2.58. The largest absolute Gasteiger partial charge is 0.383 e. The highest BCUT2D eigenvalue weighted by molar-refractivity contribution is 6.36. The molecule has 1 aliphatic carbocycles. The SMILES string of the molecule is C=CC(=O)N1CC2(CC(n3nc(-c4ccc5cn(CCOC)cc5c4)c(-c4c(Cl)c(C)cc5[nH]nc(N)c45)c3C)C2)C1. The van der Waals surface area contributed by atoms with Gasteiger partial charge in [0.05, 0.1) is 28.6 Å². The maximum atomic E-state index is 12.1. The number of rotatable bonds is 7. The molecule has 1 saturated heterocycles. The highest BCUT2D eigenvalue weighted by atomic mass is 35.5. The molecule has 216 valence electrons. The number of aromatic nitrogens is 5. The minimum atomic E-state index is 0.00571. The number of hydrogen-bond donors (Lipinski definition) is 2. The molecule has 2 aromatic carbocycles. The molecule has 1 aliphatic heterocycles. The van der Waals surface area contributed by atoms with Crippen molar-refractivity contribution in [3.05, 3.63) is 65.6 Å². The first kappa shape index (κ1) is 26.8. The van der Waals surface area contributed by atoms with E-state index in [1.807, 2.05) is 17.9 Å². The smallest absolute Gasteiger partial charge is 0.245 e. The minimum absolute atomic E-state index is 0.00571. The van der Waals surface area contributed by atoms with Crippen molar-refractivity contribution in [2.45, 2.75) is 39.3 Å². The lowest BCUT2D eigenvalue weighted by molar-refractivity contribution is -0.149. The maximum Gasteiger partial charge on any atom is 0.245 e. The number of amides is 1. The van der Waals surface area contributed by atoms with Crippen molar-refractivity contribution in [3.63, 3.8) is 0 Å². The Balaban J connectivity index is 1.35. The van der Waals surface area contributed by atoms with Crippen LogP contribution in [-0.4, -0.2) is 62.2 Å². The molecule has 0 radical (unpaired) electrons. The molecule has 1 spiro atoms. The van der Waals surface area contributed by atoms with E-state index in [2.05, 4.69) is 63.5 Å². The summed E-state index contributed by atoms with van der Waals surface area (Å²) in [6.45, 7) is 10.7. The van der Waals surface area contributed by atoms with Crippen molar-refractivity contribution in [2.24, 2.45) is 5.41 Å².